The van der Waals surface area contributed by atoms with E-state index in [1.807, 2.05) is 6.92 Å². The van der Waals surface area contributed by atoms with Crippen LogP contribution in [0.4, 0.5) is 10.1 Å². The van der Waals surface area contributed by atoms with Gasteiger partial charge in [-0.2, -0.15) is 10.5 Å². The number of rotatable bonds is 1. The van der Waals surface area contributed by atoms with Crippen molar-refractivity contribution in [3.05, 3.63) is 28.6 Å². The standard InChI is InChI=1S/C13H10FN3O/c1-8-2-3-10-11(6-16)13(14)9(5-15)4-12(10)17(8)7-18/h4,7-8H,2-3H2,1H3. The Kier molecular flexibility index (Phi) is 2.99. The van der Waals surface area contributed by atoms with Gasteiger partial charge in [0, 0.05) is 11.7 Å². The van der Waals surface area contributed by atoms with Crippen LogP contribution in [0.3, 0.4) is 0 Å². The number of nitrogens with zero attached hydrogens (tertiary/aromatic N) is 3. The zero-order valence-electron chi connectivity index (χ0n) is 9.77. The zero-order chi connectivity index (χ0) is 13.3. The maximum Gasteiger partial charge on any atom is 0.214 e. The average Bonchev–Trinajstić information content (AvgIpc) is 2.38. The molecule has 1 amide bonds. The van der Waals surface area contributed by atoms with E-state index in [4.69, 9.17) is 10.5 Å². The van der Waals surface area contributed by atoms with Crippen LogP contribution in [-0.2, 0) is 11.2 Å². The summed E-state index contributed by atoms with van der Waals surface area (Å²) in [4.78, 5) is 12.5. The summed E-state index contributed by atoms with van der Waals surface area (Å²) in [5, 5.41) is 17.9. The van der Waals surface area contributed by atoms with E-state index in [1.54, 1.807) is 12.1 Å². The van der Waals surface area contributed by atoms with Crippen LogP contribution in [0.25, 0.3) is 0 Å². The number of carbonyl (C=O) groups is 1. The van der Waals surface area contributed by atoms with Crippen molar-refractivity contribution in [1.29, 1.82) is 10.5 Å². The molecule has 1 unspecified atom stereocenters. The van der Waals surface area contributed by atoms with Gasteiger partial charge in [0.15, 0.2) is 5.82 Å². The predicted molar refractivity (Wildman–Crippen MR) is 62.2 cm³/mol. The van der Waals surface area contributed by atoms with E-state index < -0.39 is 5.82 Å². The molecule has 0 bridgehead atoms. The summed E-state index contributed by atoms with van der Waals surface area (Å²) in [6.07, 6.45) is 1.86. The molecule has 90 valence electrons. The highest BCUT2D eigenvalue weighted by molar-refractivity contribution is 5.81. The highest BCUT2D eigenvalue weighted by Crippen LogP contribution is 2.34. The van der Waals surface area contributed by atoms with Crippen molar-refractivity contribution in [3.63, 3.8) is 0 Å². The van der Waals surface area contributed by atoms with Crippen molar-refractivity contribution >= 4 is 12.1 Å². The number of fused-ring (bicyclic) bond motifs is 1. The van der Waals surface area contributed by atoms with Gasteiger partial charge in [-0.1, -0.05) is 0 Å². The summed E-state index contributed by atoms with van der Waals surface area (Å²) >= 11 is 0. The van der Waals surface area contributed by atoms with Crippen molar-refractivity contribution in [2.24, 2.45) is 0 Å². The highest BCUT2D eigenvalue weighted by atomic mass is 19.1. The first kappa shape index (κ1) is 12.1. The molecular weight excluding hydrogens is 233 g/mol. The molecular formula is C13H10FN3O. The van der Waals surface area contributed by atoms with Crippen molar-refractivity contribution in [3.8, 4) is 12.1 Å². The van der Waals surface area contributed by atoms with E-state index >= 15 is 0 Å². The first-order valence-corrected chi connectivity index (χ1v) is 5.53. The highest BCUT2D eigenvalue weighted by Gasteiger charge is 2.28. The Balaban J connectivity index is 2.75. The fraction of sp³-hybridized carbons (Fsp3) is 0.308. The third-order valence-corrected chi connectivity index (χ3v) is 3.26. The lowest BCUT2D eigenvalue weighted by molar-refractivity contribution is -0.107. The lowest BCUT2D eigenvalue weighted by Gasteiger charge is -2.32. The Morgan fingerprint density at radius 3 is 2.78 bits per heavy atom. The maximum absolute atomic E-state index is 13.8. The van der Waals surface area contributed by atoms with E-state index in [2.05, 4.69) is 0 Å². The molecule has 1 aliphatic rings. The van der Waals surface area contributed by atoms with Crippen molar-refractivity contribution < 1.29 is 9.18 Å². The molecule has 0 fully saturated rings. The number of hydrogen-bond acceptors (Lipinski definition) is 3. The summed E-state index contributed by atoms with van der Waals surface area (Å²) in [7, 11) is 0. The Morgan fingerprint density at radius 1 is 1.50 bits per heavy atom. The lowest BCUT2D eigenvalue weighted by Crippen LogP contribution is -2.36. The van der Waals surface area contributed by atoms with Crippen LogP contribution in [0.2, 0.25) is 0 Å². The molecule has 0 saturated carbocycles. The smallest absolute Gasteiger partial charge is 0.214 e. The molecule has 18 heavy (non-hydrogen) atoms. The second kappa shape index (κ2) is 4.46. The Labute approximate surface area is 104 Å². The molecule has 0 spiro atoms. The molecule has 1 aromatic rings. The quantitative estimate of drug-likeness (QED) is 0.707. The minimum atomic E-state index is -0.792. The molecule has 0 saturated heterocycles. The first-order valence-electron chi connectivity index (χ1n) is 5.53. The van der Waals surface area contributed by atoms with E-state index in [-0.39, 0.29) is 17.2 Å². The third-order valence-electron chi connectivity index (χ3n) is 3.26. The van der Waals surface area contributed by atoms with Gasteiger partial charge in [0.05, 0.1) is 11.1 Å². The molecule has 0 N–H and O–H groups in total. The number of nitriles is 2. The molecule has 1 aliphatic heterocycles. The number of halogens is 1. The molecule has 0 radical (unpaired) electrons. The van der Waals surface area contributed by atoms with Gasteiger partial charge in [-0.05, 0) is 31.4 Å². The Hall–Kier alpha value is -2.40. The van der Waals surface area contributed by atoms with E-state index in [1.165, 1.54) is 11.0 Å². The third kappa shape index (κ3) is 1.61. The predicted octanol–water partition coefficient (Wildman–Crippen LogP) is 1.87. The maximum atomic E-state index is 13.8. The van der Waals surface area contributed by atoms with E-state index in [9.17, 15) is 9.18 Å². The topological polar surface area (TPSA) is 67.9 Å². The van der Waals surface area contributed by atoms with Gasteiger partial charge in [0.25, 0.3) is 0 Å². The normalized spacial score (nSPS) is 17.6. The van der Waals surface area contributed by atoms with Gasteiger partial charge < -0.3 is 4.90 Å². The minimum absolute atomic E-state index is 0.0152. The van der Waals surface area contributed by atoms with Crippen LogP contribution in [0.1, 0.15) is 30.0 Å². The number of carbonyl (C=O) groups excluding carboxylic acids is 1. The van der Waals surface area contributed by atoms with Crippen LogP contribution in [-0.4, -0.2) is 12.5 Å². The van der Waals surface area contributed by atoms with Crippen LogP contribution < -0.4 is 4.90 Å². The molecule has 0 aliphatic carbocycles. The Bertz CT molecular complexity index is 598. The summed E-state index contributed by atoms with van der Waals surface area (Å²) in [5.74, 6) is -0.792. The van der Waals surface area contributed by atoms with E-state index in [0.29, 0.717) is 30.5 Å². The number of benzene rings is 1. The van der Waals surface area contributed by atoms with Crippen molar-refractivity contribution in [2.75, 3.05) is 4.90 Å². The Morgan fingerprint density at radius 2 is 2.22 bits per heavy atom. The molecule has 1 aromatic carbocycles. The molecule has 1 heterocycles. The van der Waals surface area contributed by atoms with Crippen LogP contribution >= 0.6 is 0 Å². The fourth-order valence-corrected chi connectivity index (χ4v) is 2.25. The number of anilines is 1. The van der Waals surface area contributed by atoms with Crippen molar-refractivity contribution in [2.45, 2.75) is 25.8 Å². The monoisotopic (exact) mass is 243 g/mol. The SMILES string of the molecule is CC1CCc2c(cc(C#N)c(F)c2C#N)N1C=O. The second-order valence-corrected chi connectivity index (χ2v) is 4.23. The van der Waals surface area contributed by atoms with Gasteiger partial charge in [0.1, 0.15) is 12.1 Å². The van der Waals surface area contributed by atoms with Crippen molar-refractivity contribution in [1.82, 2.24) is 0 Å². The molecule has 4 nitrogen and oxygen atoms in total. The molecule has 0 aromatic heterocycles. The summed E-state index contributed by atoms with van der Waals surface area (Å²) < 4.78 is 13.8. The number of hydrogen-bond donors (Lipinski definition) is 0. The van der Waals surface area contributed by atoms with Gasteiger partial charge in [-0.15, -0.1) is 0 Å². The zero-order valence-corrected chi connectivity index (χ0v) is 9.77. The number of amides is 1. The average molecular weight is 243 g/mol. The van der Waals surface area contributed by atoms with E-state index in [0.717, 1.165) is 0 Å². The van der Waals surface area contributed by atoms with Gasteiger partial charge in [-0.3, -0.25) is 4.79 Å². The van der Waals surface area contributed by atoms with Crippen LogP contribution in [0.15, 0.2) is 6.07 Å². The fourth-order valence-electron chi connectivity index (χ4n) is 2.25. The molecule has 5 heteroatoms. The molecule has 1 atom stereocenters. The van der Waals surface area contributed by atoms with Crippen LogP contribution in [0, 0.1) is 28.5 Å². The first-order chi connectivity index (χ1) is 8.63. The van der Waals surface area contributed by atoms with Gasteiger partial charge in [-0.25, -0.2) is 4.39 Å². The van der Waals surface area contributed by atoms with Gasteiger partial charge >= 0.3 is 0 Å². The second-order valence-electron chi connectivity index (χ2n) is 4.23. The minimum Gasteiger partial charge on any atom is -0.312 e. The summed E-state index contributed by atoms with van der Waals surface area (Å²) in [6.45, 7) is 1.87. The largest absolute Gasteiger partial charge is 0.312 e. The molecule has 2 rings (SSSR count). The van der Waals surface area contributed by atoms with Gasteiger partial charge in [0.2, 0.25) is 6.41 Å². The summed E-state index contributed by atoms with van der Waals surface area (Å²) in [6, 6.07) is 4.83. The lowest BCUT2D eigenvalue weighted by atomic mass is 9.91. The van der Waals surface area contributed by atoms with Crippen LogP contribution in [0.5, 0.6) is 0 Å². The summed E-state index contributed by atoms with van der Waals surface area (Å²) in [5.41, 5.74) is 0.659.